The number of nitrogens with one attached hydrogen (secondary N) is 1. The first-order valence-corrected chi connectivity index (χ1v) is 6.76. The van der Waals surface area contributed by atoms with Crippen molar-refractivity contribution in [2.75, 3.05) is 6.54 Å². The van der Waals surface area contributed by atoms with Gasteiger partial charge in [-0.05, 0) is 51.0 Å². The molecule has 0 saturated heterocycles. The summed E-state index contributed by atoms with van der Waals surface area (Å²) in [5.74, 6) is 0.829. The Hall–Kier alpha value is -0.0800. The van der Waals surface area contributed by atoms with Crippen LogP contribution in [0.15, 0.2) is 0 Å². The minimum atomic E-state index is -0.00377. The zero-order valence-corrected chi connectivity index (χ0v) is 9.75. The van der Waals surface area contributed by atoms with Crippen LogP contribution in [0.4, 0.5) is 0 Å². The van der Waals surface area contributed by atoms with Gasteiger partial charge in [0.25, 0.3) is 0 Å². The molecule has 2 aliphatic rings. The van der Waals surface area contributed by atoms with Crippen molar-refractivity contribution in [1.29, 1.82) is 0 Å². The number of hydrogen-bond donors (Lipinski definition) is 2. The molecule has 2 saturated carbocycles. The van der Waals surface area contributed by atoms with E-state index in [1.165, 1.54) is 51.5 Å². The summed E-state index contributed by atoms with van der Waals surface area (Å²) in [7, 11) is 0. The summed E-state index contributed by atoms with van der Waals surface area (Å²) in [5, 5.41) is 13.1. The Labute approximate surface area is 93.5 Å². The van der Waals surface area contributed by atoms with Crippen LogP contribution < -0.4 is 5.32 Å². The van der Waals surface area contributed by atoms with Gasteiger partial charge >= 0.3 is 0 Å². The number of aliphatic hydroxyl groups is 1. The predicted octanol–water partition coefficient (Wildman–Crippen LogP) is 2.46. The molecule has 2 aliphatic carbocycles. The third-order valence-electron chi connectivity index (χ3n) is 4.12. The molecule has 2 fully saturated rings. The van der Waals surface area contributed by atoms with Gasteiger partial charge in [-0.1, -0.05) is 19.3 Å². The Morgan fingerprint density at radius 2 is 1.53 bits per heavy atom. The molecule has 2 N–H and O–H groups in total. The maximum Gasteiger partial charge on any atom is 0.0540 e. The summed E-state index contributed by atoms with van der Waals surface area (Å²) >= 11 is 0. The number of hydrogen-bond acceptors (Lipinski definition) is 2. The van der Waals surface area contributed by atoms with Gasteiger partial charge in [0.05, 0.1) is 6.10 Å². The van der Waals surface area contributed by atoms with E-state index in [-0.39, 0.29) is 6.10 Å². The molecule has 2 nitrogen and oxygen atoms in total. The number of aliphatic hydroxyl groups excluding tert-OH is 1. The topological polar surface area (TPSA) is 32.3 Å². The minimum Gasteiger partial charge on any atom is -0.393 e. The summed E-state index contributed by atoms with van der Waals surface area (Å²) in [6.07, 6.45) is 11.5. The van der Waals surface area contributed by atoms with E-state index in [2.05, 4.69) is 5.32 Å². The quantitative estimate of drug-likeness (QED) is 0.751. The Morgan fingerprint density at radius 3 is 2.20 bits per heavy atom. The minimum absolute atomic E-state index is 0.00377. The summed E-state index contributed by atoms with van der Waals surface area (Å²) in [6.45, 7) is 1.19. The van der Waals surface area contributed by atoms with Gasteiger partial charge in [0.15, 0.2) is 0 Å². The smallest absolute Gasteiger partial charge is 0.0540 e. The van der Waals surface area contributed by atoms with E-state index in [1.54, 1.807) is 0 Å². The molecule has 0 aromatic carbocycles. The molecular weight excluding hydrogens is 186 g/mol. The van der Waals surface area contributed by atoms with Crippen LogP contribution in [0.3, 0.4) is 0 Å². The highest BCUT2D eigenvalue weighted by molar-refractivity contribution is 4.77. The van der Waals surface area contributed by atoms with E-state index in [4.69, 9.17) is 0 Å². The second-order valence-corrected chi connectivity index (χ2v) is 5.42. The molecule has 0 bridgehead atoms. The molecule has 0 aromatic rings. The van der Waals surface area contributed by atoms with Gasteiger partial charge in [0, 0.05) is 6.04 Å². The highest BCUT2D eigenvalue weighted by Gasteiger charge is 2.20. The summed E-state index contributed by atoms with van der Waals surface area (Å²) < 4.78 is 0. The molecule has 0 unspecified atom stereocenters. The highest BCUT2D eigenvalue weighted by Crippen LogP contribution is 2.24. The molecule has 0 atom stereocenters. The van der Waals surface area contributed by atoms with Crippen molar-refractivity contribution in [3.63, 3.8) is 0 Å². The Kier molecular flexibility index (Phi) is 4.45. The predicted molar refractivity (Wildman–Crippen MR) is 62.8 cm³/mol. The Balaban J connectivity index is 1.60. The van der Waals surface area contributed by atoms with Crippen LogP contribution in [0.1, 0.15) is 57.8 Å². The lowest BCUT2D eigenvalue weighted by molar-refractivity contribution is 0.107. The summed E-state index contributed by atoms with van der Waals surface area (Å²) in [4.78, 5) is 0. The molecule has 0 heterocycles. The molecule has 2 rings (SSSR count). The number of rotatable bonds is 3. The zero-order valence-electron chi connectivity index (χ0n) is 9.75. The molecule has 0 spiro atoms. The standard InChI is InChI=1S/C13H25NO/c15-13-8-6-11(7-9-13)10-14-12-4-2-1-3-5-12/h11-15H,1-10H2. The van der Waals surface area contributed by atoms with Crippen LogP contribution in [0.2, 0.25) is 0 Å². The molecule has 88 valence electrons. The third-order valence-corrected chi connectivity index (χ3v) is 4.12. The van der Waals surface area contributed by atoms with Crippen molar-refractivity contribution in [1.82, 2.24) is 5.32 Å². The van der Waals surface area contributed by atoms with Crippen LogP contribution in [0, 0.1) is 5.92 Å². The van der Waals surface area contributed by atoms with Crippen LogP contribution in [0.5, 0.6) is 0 Å². The maximum absolute atomic E-state index is 9.42. The second kappa shape index (κ2) is 5.86. The summed E-state index contributed by atoms with van der Waals surface area (Å²) in [5.41, 5.74) is 0. The molecule has 0 radical (unpaired) electrons. The van der Waals surface area contributed by atoms with Gasteiger partial charge in [0.1, 0.15) is 0 Å². The van der Waals surface area contributed by atoms with Gasteiger partial charge in [0.2, 0.25) is 0 Å². The van der Waals surface area contributed by atoms with Crippen LogP contribution in [-0.4, -0.2) is 23.8 Å². The lowest BCUT2D eigenvalue weighted by Crippen LogP contribution is -2.36. The SMILES string of the molecule is OC1CCC(CNC2CCCCC2)CC1. The van der Waals surface area contributed by atoms with E-state index >= 15 is 0 Å². The molecule has 15 heavy (non-hydrogen) atoms. The van der Waals surface area contributed by atoms with Gasteiger partial charge < -0.3 is 10.4 Å². The highest BCUT2D eigenvalue weighted by atomic mass is 16.3. The van der Waals surface area contributed by atoms with Gasteiger partial charge in [-0.25, -0.2) is 0 Å². The fourth-order valence-corrected chi connectivity index (χ4v) is 2.99. The van der Waals surface area contributed by atoms with Gasteiger partial charge in [-0.15, -0.1) is 0 Å². The van der Waals surface area contributed by atoms with Crippen molar-refractivity contribution in [3.05, 3.63) is 0 Å². The van der Waals surface area contributed by atoms with Crippen LogP contribution in [0.25, 0.3) is 0 Å². The van der Waals surface area contributed by atoms with Gasteiger partial charge in [-0.2, -0.15) is 0 Å². The van der Waals surface area contributed by atoms with Crippen molar-refractivity contribution in [3.8, 4) is 0 Å². The molecule has 2 heteroatoms. The average molecular weight is 211 g/mol. The lowest BCUT2D eigenvalue weighted by atomic mass is 9.87. The maximum atomic E-state index is 9.42. The van der Waals surface area contributed by atoms with E-state index < -0.39 is 0 Å². The summed E-state index contributed by atoms with van der Waals surface area (Å²) in [6, 6.07) is 0.797. The van der Waals surface area contributed by atoms with E-state index in [0.717, 1.165) is 24.8 Å². The molecule has 0 aromatic heterocycles. The fourth-order valence-electron chi connectivity index (χ4n) is 2.99. The first kappa shape index (κ1) is 11.4. The first-order valence-electron chi connectivity index (χ1n) is 6.76. The van der Waals surface area contributed by atoms with Crippen molar-refractivity contribution >= 4 is 0 Å². The average Bonchev–Trinajstić information content (AvgIpc) is 2.30. The van der Waals surface area contributed by atoms with Crippen molar-refractivity contribution in [2.24, 2.45) is 5.92 Å². The van der Waals surface area contributed by atoms with Crippen molar-refractivity contribution in [2.45, 2.75) is 69.9 Å². The van der Waals surface area contributed by atoms with E-state index in [1.807, 2.05) is 0 Å². The monoisotopic (exact) mass is 211 g/mol. The van der Waals surface area contributed by atoms with E-state index in [9.17, 15) is 5.11 Å². The molecule has 0 amide bonds. The van der Waals surface area contributed by atoms with Gasteiger partial charge in [-0.3, -0.25) is 0 Å². The zero-order chi connectivity index (χ0) is 10.5. The molecule has 0 aliphatic heterocycles. The Bertz CT molecular complexity index is 169. The first-order chi connectivity index (χ1) is 7.34. The lowest BCUT2D eigenvalue weighted by Gasteiger charge is -2.29. The van der Waals surface area contributed by atoms with Crippen LogP contribution in [-0.2, 0) is 0 Å². The van der Waals surface area contributed by atoms with E-state index in [0.29, 0.717) is 0 Å². The van der Waals surface area contributed by atoms with Crippen molar-refractivity contribution < 1.29 is 5.11 Å². The normalized spacial score (nSPS) is 34.2. The molecular formula is C13H25NO. The Morgan fingerprint density at radius 1 is 0.867 bits per heavy atom. The third kappa shape index (κ3) is 3.76. The fraction of sp³-hybridized carbons (Fsp3) is 1.00. The largest absolute Gasteiger partial charge is 0.393 e. The van der Waals surface area contributed by atoms with Crippen LogP contribution >= 0.6 is 0 Å². The second-order valence-electron chi connectivity index (χ2n) is 5.42.